The summed E-state index contributed by atoms with van der Waals surface area (Å²) in [6.45, 7) is 12.2. The van der Waals surface area contributed by atoms with E-state index < -0.39 is 17.3 Å². The summed E-state index contributed by atoms with van der Waals surface area (Å²) in [5.41, 5.74) is -1.15. The topological polar surface area (TPSA) is 88.2 Å². The largest absolute Gasteiger partial charge is 0.444 e. The average molecular weight is 343 g/mol. The number of piperazine rings is 1. The van der Waals surface area contributed by atoms with Gasteiger partial charge in [-0.15, -0.1) is 0 Å². The molecule has 0 bridgehead atoms. The van der Waals surface area contributed by atoms with Crippen molar-refractivity contribution in [3.05, 3.63) is 0 Å². The molecule has 0 spiro atoms. The summed E-state index contributed by atoms with van der Waals surface area (Å²) in [6.07, 6.45) is -0.996. The lowest BCUT2D eigenvalue weighted by atomic mass is 10.2. The lowest BCUT2D eigenvalue weighted by Crippen LogP contribution is -2.53. The lowest BCUT2D eigenvalue weighted by Gasteiger charge is -2.35. The maximum atomic E-state index is 12.1. The van der Waals surface area contributed by atoms with E-state index in [1.807, 2.05) is 20.8 Å². The highest BCUT2D eigenvalue weighted by atomic mass is 16.6. The van der Waals surface area contributed by atoms with Crippen LogP contribution in [0.5, 0.6) is 0 Å². The van der Waals surface area contributed by atoms with Gasteiger partial charge in [0.2, 0.25) is 5.91 Å². The van der Waals surface area contributed by atoms with Crippen molar-refractivity contribution < 1.29 is 23.9 Å². The van der Waals surface area contributed by atoms with Crippen LogP contribution in [0.1, 0.15) is 41.5 Å². The fraction of sp³-hybridized carbons (Fsp3) is 0.812. The van der Waals surface area contributed by atoms with E-state index in [2.05, 4.69) is 5.32 Å². The predicted molar refractivity (Wildman–Crippen MR) is 88.6 cm³/mol. The minimum absolute atomic E-state index is 0.124. The molecule has 0 aliphatic carbocycles. The Balaban J connectivity index is 2.35. The molecule has 0 atom stereocenters. The summed E-state index contributed by atoms with van der Waals surface area (Å²) in [5, 5.41) is 2.44. The van der Waals surface area contributed by atoms with Crippen LogP contribution in [-0.2, 0) is 14.3 Å². The van der Waals surface area contributed by atoms with Crippen molar-refractivity contribution in [2.24, 2.45) is 0 Å². The van der Waals surface area contributed by atoms with E-state index in [0.29, 0.717) is 26.2 Å². The van der Waals surface area contributed by atoms with E-state index in [4.69, 9.17) is 9.47 Å². The van der Waals surface area contributed by atoms with Gasteiger partial charge in [0.15, 0.2) is 0 Å². The van der Waals surface area contributed by atoms with Crippen molar-refractivity contribution in [3.8, 4) is 0 Å². The van der Waals surface area contributed by atoms with Crippen molar-refractivity contribution >= 4 is 18.1 Å². The second-order valence-electron chi connectivity index (χ2n) is 7.70. The van der Waals surface area contributed by atoms with Gasteiger partial charge in [0.1, 0.15) is 17.7 Å². The predicted octanol–water partition coefficient (Wildman–Crippen LogP) is 1.59. The summed E-state index contributed by atoms with van der Waals surface area (Å²) in [6, 6.07) is 0. The molecule has 8 heteroatoms. The monoisotopic (exact) mass is 343 g/mol. The maximum absolute atomic E-state index is 12.1. The van der Waals surface area contributed by atoms with Crippen LogP contribution in [-0.4, -0.2) is 71.8 Å². The number of ether oxygens (including phenoxy) is 2. The minimum atomic E-state index is -0.622. The first-order chi connectivity index (χ1) is 10.9. The van der Waals surface area contributed by atoms with E-state index in [1.165, 1.54) is 0 Å². The van der Waals surface area contributed by atoms with E-state index >= 15 is 0 Å². The van der Waals surface area contributed by atoms with Gasteiger partial charge in [0, 0.05) is 26.2 Å². The molecule has 1 N–H and O–H groups in total. The van der Waals surface area contributed by atoms with Crippen molar-refractivity contribution in [2.45, 2.75) is 52.7 Å². The molecular weight excluding hydrogens is 314 g/mol. The molecule has 1 aliphatic rings. The second kappa shape index (κ2) is 7.72. The van der Waals surface area contributed by atoms with Gasteiger partial charge in [-0.1, -0.05) is 0 Å². The highest BCUT2D eigenvalue weighted by Crippen LogP contribution is 2.12. The number of amides is 3. The molecule has 0 aromatic rings. The normalized spacial score (nSPS) is 15.8. The molecule has 0 aromatic heterocycles. The standard InChI is InChI=1S/C16H29N3O5/c1-15(2,3)23-13(21)17-11-12(20)18-7-9-19(10-8-18)14(22)24-16(4,5)6/h7-11H2,1-6H3,(H,17,21). The molecule has 0 saturated carbocycles. The Morgan fingerprint density at radius 2 is 1.29 bits per heavy atom. The van der Waals surface area contributed by atoms with E-state index in [-0.39, 0.29) is 18.5 Å². The molecule has 0 radical (unpaired) electrons. The van der Waals surface area contributed by atoms with Gasteiger partial charge in [0.25, 0.3) is 0 Å². The zero-order valence-electron chi connectivity index (χ0n) is 15.5. The van der Waals surface area contributed by atoms with Crippen LogP contribution in [0.2, 0.25) is 0 Å². The molecule has 1 saturated heterocycles. The first kappa shape index (κ1) is 20.1. The number of alkyl carbamates (subject to hydrolysis) is 1. The van der Waals surface area contributed by atoms with Gasteiger partial charge in [-0.25, -0.2) is 9.59 Å². The van der Waals surface area contributed by atoms with Crippen LogP contribution < -0.4 is 5.32 Å². The summed E-state index contributed by atoms with van der Waals surface area (Å²) in [5.74, 6) is -0.204. The Kier molecular flexibility index (Phi) is 6.45. The van der Waals surface area contributed by atoms with Crippen molar-refractivity contribution in [1.29, 1.82) is 0 Å². The lowest BCUT2D eigenvalue weighted by molar-refractivity contribution is -0.132. The van der Waals surface area contributed by atoms with Crippen LogP contribution >= 0.6 is 0 Å². The average Bonchev–Trinajstić information content (AvgIpc) is 2.41. The SMILES string of the molecule is CC(C)(C)OC(=O)NCC(=O)N1CCN(C(=O)OC(C)(C)C)CC1. The van der Waals surface area contributed by atoms with E-state index in [1.54, 1.807) is 30.6 Å². The van der Waals surface area contributed by atoms with Crippen molar-refractivity contribution in [1.82, 2.24) is 15.1 Å². The highest BCUT2D eigenvalue weighted by molar-refractivity contribution is 5.82. The molecular formula is C16H29N3O5. The Morgan fingerprint density at radius 1 is 0.833 bits per heavy atom. The summed E-state index contributed by atoms with van der Waals surface area (Å²) >= 11 is 0. The molecule has 3 amide bonds. The van der Waals surface area contributed by atoms with E-state index in [9.17, 15) is 14.4 Å². The van der Waals surface area contributed by atoms with Crippen LogP contribution in [0.4, 0.5) is 9.59 Å². The number of rotatable bonds is 2. The van der Waals surface area contributed by atoms with Gasteiger partial charge in [-0.3, -0.25) is 4.79 Å². The third-order valence-corrected chi connectivity index (χ3v) is 3.07. The van der Waals surface area contributed by atoms with Gasteiger partial charge in [-0.05, 0) is 41.5 Å². The summed E-state index contributed by atoms with van der Waals surface area (Å²) in [7, 11) is 0. The van der Waals surface area contributed by atoms with Crippen molar-refractivity contribution in [3.63, 3.8) is 0 Å². The number of carbonyl (C=O) groups excluding carboxylic acids is 3. The van der Waals surface area contributed by atoms with Gasteiger partial charge in [0.05, 0.1) is 0 Å². The van der Waals surface area contributed by atoms with E-state index in [0.717, 1.165) is 0 Å². The van der Waals surface area contributed by atoms with Crippen LogP contribution in [0.25, 0.3) is 0 Å². The van der Waals surface area contributed by atoms with Gasteiger partial charge >= 0.3 is 12.2 Å². The van der Waals surface area contributed by atoms with Crippen LogP contribution in [0.3, 0.4) is 0 Å². The van der Waals surface area contributed by atoms with Crippen molar-refractivity contribution in [2.75, 3.05) is 32.7 Å². The fourth-order valence-electron chi connectivity index (χ4n) is 2.04. The molecule has 1 rings (SSSR count). The third kappa shape index (κ3) is 7.52. The zero-order valence-corrected chi connectivity index (χ0v) is 15.5. The number of nitrogens with one attached hydrogen (secondary N) is 1. The molecule has 0 unspecified atom stereocenters. The molecule has 1 heterocycles. The Bertz CT molecular complexity index is 471. The number of hydrogen-bond acceptors (Lipinski definition) is 5. The Morgan fingerprint density at radius 3 is 1.75 bits per heavy atom. The number of carbonyl (C=O) groups is 3. The Labute approximate surface area is 143 Å². The first-order valence-electron chi connectivity index (χ1n) is 8.10. The summed E-state index contributed by atoms with van der Waals surface area (Å²) in [4.78, 5) is 38.8. The summed E-state index contributed by atoms with van der Waals surface area (Å²) < 4.78 is 10.4. The minimum Gasteiger partial charge on any atom is -0.444 e. The third-order valence-electron chi connectivity index (χ3n) is 3.07. The second-order valence-corrected chi connectivity index (χ2v) is 7.70. The molecule has 1 aliphatic heterocycles. The van der Waals surface area contributed by atoms with Crippen LogP contribution in [0.15, 0.2) is 0 Å². The zero-order chi connectivity index (χ0) is 18.5. The smallest absolute Gasteiger partial charge is 0.410 e. The first-order valence-corrected chi connectivity index (χ1v) is 8.10. The molecule has 8 nitrogen and oxygen atoms in total. The number of hydrogen-bond donors (Lipinski definition) is 1. The molecule has 24 heavy (non-hydrogen) atoms. The molecule has 138 valence electrons. The maximum Gasteiger partial charge on any atom is 0.410 e. The van der Waals surface area contributed by atoms with Gasteiger partial charge in [-0.2, -0.15) is 0 Å². The molecule has 1 fully saturated rings. The van der Waals surface area contributed by atoms with Crippen LogP contribution in [0, 0.1) is 0 Å². The highest BCUT2D eigenvalue weighted by Gasteiger charge is 2.27. The number of nitrogens with zero attached hydrogens (tertiary/aromatic N) is 2. The molecule has 0 aromatic carbocycles. The Hall–Kier alpha value is -1.99. The quantitative estimate of drug-likeness (QED) is 0.822. The van der Waals surface area contributed by atoms with Gasteiger partial charge < -0.3 is 24.6 Å². The fourth-order valence-corrected chi connectivity index (χ4v) is 2.04.